The number of hydrogen-bond acceptors (Lipinski definition) is 4. The van der Waals surface area contributed by atoms with Crippen molar-refractivity contribution in [1.29, 1.82) is 0 Å². The molecule has 0 saturated carbocycles. The van der Waals surface area contributed by atoms with Crippen molar-refractivity contribution >= 4 is 27.8 Å². The van der Waals surface area contributed by atoms with E-state index in [-0.39, 0.29) is 0 Å². The van der Waals surface area contributed by atoms with Crippen molar-refractivity contribution < 1.29 is 0 Å². The van der Waals surface area contributed by atoms with E-state index in [1.54, 1.807) is 0 Å². The van der Waals surface area contributed by atoms with E-state index >= 15 is 0 Å². The molecular weight excluding hydrogens is 298 g/mol. The lowest BCUT2D eigenvalue weighted by Gasteiger charge is -2.07. The molecule has 3 aromatic rings. The highest BCUT2D eigenvalue weighted by Gasteiger charge is 2.15. The summed E-state index contributed by atoms with van der Waals surface area (Å²) in [6.07, 6.45) is 6.47. The van der Waals surface area contributed by atoms with Gasteiger partial charge in [0.15, 0.2) is 5.82 Å². The number of rotatable bonds is 7. The van der Waals surface area contributed by atoms with Crippen LogP contribution in [0.1, 0.15) is 44.0 Å². The molecule has 0 fully saturated rings. The van der Waals surface area contributed by atoms with Gasteiger partial charge in [0.25, 0.3) is 0 Å². The molecule has 0 amide bonds. The largest absolute Gasteiger partial charge is 0.382 e. The van der Waals surface area contributed by atoms with Crippen LogP contribution >= 0.6 is 0 Å². The van der Waals surface area contributed by atoms with E-state index in [1.807, 2.05) is 0 Å². The first-order chi connectivity index (χ1) is 11.7. The van der Waals surface area contributed by atoms with Crippen LogP contribution in [0.2, 0.25) is 0 Å². The second-order valence-electron chi connectivity index (χ2n) is 6.48. The molecule has 1 aromatic carbocycles. The molecule has 0 spiro atoms. The van der Waals surface area contributed by atoms with Gasteiger partial charge in [-0.3, -0.25) is 0 Å². The van der Waals surface area contributed by atoms with Gasteiger partial charge in [-0.15, -0.1) is 0 Å². The summed E-state index contributed by atoms with van der Waals surface area (Å²) in [4.78, 5) is 9.32. The summed E-state index contributed by atoms with van der Waals surface area (Å²) in [6, 6.07) is 6.46. The SMILES string of the molecule is CCCCc1nc2c(N)nc3ccc(CCCCN)cc3c2n1C. The number of fused-ring (bicyclic) bond motifs is 3. The molecule has 0 bridgehead atoms. The molecule has 0 unspecified atom stereocenters. The molecular formula is C19H27N5. The molecule has 0 aliphatic heterocycles. The van der Waals surface area contributed by atoms with Crippen LogP contribution in [0.3, 0.4) is 0 Å². The van der Waals surface area contributed by atoms with Crippen LogP contribution in [-0.4, -0.2) is 21.1 Å². The number of pyridine rings is 1. The second kappa shape index (κ2) is 7.18. The summed E-state index contributed by atoms with van der Waals surface area (Å²) in [5.41, 5.74) is 16.0. The zero-order valence-electron chi connectivity index (χ0n) is 14.7. The average Bonchev–Trinajstić information content (AvgIpc) is 2.91. The minimum absolute atomic E-state index is 0.520. The first-order valence-corrected chi connectivity index (χ1v) is 8.89. The number of hydrogen-bond donors (Lipinski definition) is 2. The van der Waals surface area contributed by atoms with Gasteiger partial charge in [-0.05, 0) is 49.9 Å². The molecule has 3 rings (SSSR count). The molecule has 2 aromatic heterocycles. The van der Waals surface area contributed by atoms with E-state index in [0.29, 0.717) is 5.82 Å². The van der Waals surface area contributed by atoms with Crippen LogP contribution in [0.25, 0.3) is 21.9 Å². The number of nitrogen functional groups attached to an aromatic ring is 1. The monoisotopic (exact) mass is 325 g/mol. The van der Waals surface area contributed by atoms with Crippen molar-refractivity contribution in [2.45, 2.75) is 45.4 Å². The summed E-state index contributed by atoms with van der Waals surface area (Å²) in [6.45, 7) is 2.94. The molecule has 0 aliphatic carbocycles. The van der Waals surface area contributed by atoms with Gasteiger partial charge in [0.2, 0.25) is 0 Å². The minimum Gasteiger partial charge on any atom is -0.382 e. The summed E-state index contributed by atoms with van der Waals surface area (Å²) in [7, 11) is 2.08. The fourth-order valence-electron chi connectivity index (χ4n) is 3.27. The Hall–Kier alpha value is -2.14. The Labute approximate surface area is 143 Å². The number of nitrogens with two attached hydrogens (primary N) is 2. The molecule has 2 heterocycles. The maximum atomic E-state index is 6.17. The van der Waals surface area contributed by atoms with Crippen molar-refractivity contribution in [3.63, 3.8) is 0 Å². The predicted octanol–water partition coefficient (Wildman–Crippen LogP) is 3.33. The predicted molar refractivity (Wildman–Crippen MR) is 101 cm³/mol. The van der Waals surface area contributed by atoms with Crippen LogP contribution in [0, 0.1) is 0 Å². The second-order valence-corrected chi connectivity index (χ2v) is 6.48. The van der Waals surface area contributed by atoms with Gasteiger partial charge in [0, 0.05) is 18.9 Å². The highest BCUT2D eigenvalue weighted by atomic mass is 15.1. The van der Waals surface area contributed by atoms with E-state index in [4.69, 9.17) is 16.5 Å². The Kier molecular flexibility index (Phi) is 5.00. The number of imidazole rings is 1. The number of anilines is 1. The first kappa shape index (κ1) is 16.7. The molecule has 5 heteroatoms. The van der Waals surface area contributed by atoms with Crippen LogP contribution in [0.5, 0.6) is 0 Å². The average molecular weight is 325 g/mol. The lowest BCUT2D eigenvalue weighted by molar-refractivity contribution is 0.720. The van der Waals surface area contributed by atoms with Gasteiger partial charge in [-0.1, -0.05) is 19.4 Å². The van der Waals surface area contributed by atoms with Crippen LogP contribution < -0.4 is 11.5 Å². The van der Waals surface area contributed by atoms with E-state index in [9.17, 15) is 0 Å². The van der Waals surface area contributed by atoms with Gasteiger partial charge in [-0.25, -0.2) is 9.97 Å². The molecule has 0 atom stereocenters. The van der Waals surface area contributed by atoms with E-state index < -0.39 is 0 Å². The highest BCUT2D eigenvalue weighted by Crippen LogP contribution is 2.29. The number of benzene rings is 1. The molecule has 0 radical (unpaired) electrons. The standard InChI is InChI=1S/C19H27N5/c1-3-4-8-16-23-17-18(24(16)2)14-12-13(7-5-6-11-20)9-10-15(14)22-19(17)21/h9-10,12H,3-8,11,20H2,1-2H3,(H2,21,22). The Morgan fingerprint density at radius 2 is 1.92 bits per heavy atom. The van der Waals surface area contributed by atoms with E-state index in [0.717, 1.165) is 72.8 Å². The van der Waals surface area contributed by atoms with E-state index in [1.165, 1.54) is 5.56 Å². The molecule has 4 N–H and O–H groups in total. The number of unbranched alkanes of at least 4 members (excludes halogenated alkanes) is 2. The van der Waals surface area contributed by atoms with Crippen molar-refractivity contribution in [3.8, 4) is 0 Å². The zero-order chi connectivity index (χ0) is 17.1. The van der Waals surface area contributed by atoms with E-state index in [2.05, 4.69) is 41.7 Å². The summed E-state index contributed by atoms with van der Waals surface area (Å²) >= 11 is 0. The maximum absolute atomic E-state index is 6.17. The number of aryl methyl sites for hydroxylation is 3. The molecule has 24 heavy (non-hydrogen) atoms. The topological polar surface area (TPSA) is 82.8 Å². The first-order valence-electron chi connectivity index (χ1n) is 8.89. The minimum atomic E-state index is 0.520. The summed E-state index contributed by atoms with van der Waals surface area (Å²) in [5.74, 6) is 1.60. The number of nitrogens with zero attached hydrogens (tertiary/aromatic N) is 3. The maximum Gasteiger partial charge on any atom is 0.152 e. The molecule has 128 valence electrons. The van der Waals surface area contributed by atoms with Crippen molar-refractivity contribution in [2.24, 2.45) is 12.8 Å². The molecule has 0 aliphatic rings. The fraction of sp³-hybridized carbons (Fsp3) is 0.474. The third-order valence-electron chi connectivity index (χ3n) is 4.66. The van der Waals surface area contributed by atoms with Crippen molar-refractivity contribution in [1.82, 2.24) is 14.5 Å². The molecule has 0 saturated heterocycles. The van der Waals surface area contributed by atoms with Gasteiger partial charge < -0.3 is 16.0 Å². The Morgan fingerprint density at radius 3 is 2.67 bits per heavy atom. The third-order valence-corrected chi connectivity index (χ3v) is 4.66. The Morgan fingerprint density at radius 1 is 1.08 bits per heavy atom. The van der Waals surface area contributed by atoms with Crippen LogP contribution in [-0.2, 0) is 19.9 Å². The lowest BCUT2D eigenvalue weighted by atomic mass is 10.0. The Balaban J connectivity index is 2.11. The zero-order valence-corrected chi connectivity index (χ0v) is 14.7. The van der Waals surface area contributed by atoms with Crippen LogP contribution in [0.15, 0.2) is 18.2 Å². The van der Waals surface area contributed by atoms with Gasteiger partial charge in [-0.2, -0.15) is 0 Å². The fourth-order valence-corrected chi connectivity index (χ4v) is 3.27. The molecule has 5 nitrogen and oxygen atoms in total. The quantitative estimate of drug-likeness (QED) is 0.653. The van der Waals surface area contributed by atoms with Gasteiger partial charge >= 0.3 is 0 Å². The van der Waals surface area contributed by atoms with Gasteiger partial charge in [0.1, 0.15) is 11.3 Å². The third kappa shape index (κ3) is 3.08. The highest BCUT2D eigenvalue weighted by molar-refractivity contribution is 6.06. The van der Waals surface area contributed by atoms with Crippen molar-refractivity contribution in [3.05, 3.63) is 29.6 Å². The van der Waals surface area contributed by atoms with Crippen molar-refractivity contribution in [2.75, 3.05) is 12.3 Å². The van der Waals surface area contributed by atoms with Crippen LogP contribution in [0.4, 0.5) is 5.82 Å². The number of aromatic nitrogens is 3. The summed E-state index contributed by atoms with van der Waals surface area (Å²) < 4.78 is 2.19. The smallest absolute Gasteiger partial charge is 0.152 e. The normalized spacial score (nSPS) is 11.6. The van der Waals surface area contributed by atoms with Gasteiger partial charge in [0.05, 0.1) is 11.0 Å². The lowest BCUT2D eigenvalue weighted by Crippen LogP contribution is -2.00. The summed E-state index contributed by atoms with van der Waals surface area (Å²) in [5, 5.41) is 1.14. The Bertz CT molecular complexity index is 850.